The van der Waals surface area contributed by atoms with E-state index in [4.69, 9.17) is 9.47 Å². The average molecular weight is 381 g/mol. The molecular weight excluding hydrogens is 358 g/mol. The van der Waals surface area contributed by atoms with Gasteiger partial charge in [0.05, 0.1) is 36.7 Å². The number of ether oxygens (including phenoxy) is 2. The van der Waals surface area contributed by atoms with Gasteiger partial charge in [-0.3, -0.25) is 4.99 Å². The van der Waals surface area contributed by atoms with Gasteiger partial charge in [0.25, 0.3) is 0 Å². The summed E-state index contributed by atoms with van der Waals surface area (Å²) >= 11 is 0. The van der Waals surface area contributed by atoms with Gasteiger partial charge in [0, 0.05) is 12.1 Å². The summed E-state index contributed by atoms with van der Waals surface area (Å²) in [5, 5.41) is 21.5. The fraction of sp³-hybridized carbons (Fsp3) is 0.333. The van der Waals surface area contributed by atoms with Crippen LogP contribution in [0.1, 0.15) is 30.3 Å². The number of nitrogens with zero attached hydrogens (tertiary/aromatic N) is 2. The maximum absolute atomic E-state index is 10.8. The Labute approximate surface area is 162 Å². The number of imidazole rings is 1. The van der Waals surface area contributed by atoms with E-state index in [2.05, 4.69) is 15.0 Å². The van der Waals surface area contributed by atoms with Gasteiger partial charge in [0.2, 0.25) is 0 Å². The number of H-pyrrole nitrogens is 1. The lowest BCUT2D eigenvalue weighted by Crippen LogP contribution is -2.28. The first-order chi connectivity index (χ1) is 13.6. The first kappa shape index (κ1) is 18.5. The molecule has 0 saturated heterocycles. The molecule has 0 spiro atoms. The lowest BCUT2D eigenvalue weighted by Gasteiger charge is -2.17. The summed E-state index contributed by atoms with van der Waals surface area (Å²) in [6.45, 7) is 0. The normalized spacial score (nSPS) is 16.1. The molecular formula is C21H23N3O4. The Bertz CT molecular complexity index is 1030. The first-order valence-corrected chi connectivity index (χ1v) is 9.23. The molecule has 0 amide bonds. The van der Waals surface area contributed by atoms with Crippen molar-refractivity contribution in [1.82, 2.24) is 9.97 Å². The number of rotatable bonds is 5. The van der Waals surface area contributed by atoms with Gasteiger partial charge in [0.1, 0.15) is 29.5 Å². The zero-order valence-corrected chi connectivity index (χ0v) is 15.8. The Morgan fingerprint density at radius 3 is 2.50 bits per heavy atom. The lowest BCUT2D eigenvalue weighted by atomic mass is 10.0. The number of nitrogens with one attached hydrogen (secondary N) is 1. The van der Waals surface area contributed by atoms with Crippen molar-refractivity contribution in [2.75, 3.05) is 14.2 Å². The van der Waals surface area contributed by atoms with Crippen LogP contribution in [-0.4, -0.2) is 46.2 Å². The molecule has 0 saturated carbocycles. The van der Waals surface area contributed by atoms with E-state index in [1.165, 1.54) is 0 Å². The Balaban J connectivity index is 1.64. The fourth-order valence-corrected chi connectivity index (χ4v) is 3.48. The van der Waals surface area contributed by atoms with Crippen molar-refractivity contribution in [2.24, 2.45) is 4.99 Å². The molecule has 3 N–H and O–H groups in total. The molecule has 2 aromatic carbocycles. The molecule has 2 atom stereocenters. The van der Waals surface area contributed by atoms with E-state index in [0.29, 0.717) is 35.0 Å². The maximum atomic E-state index is 10.8. The van der Waals surface area contributed by atoms with Crippen LogP contribution >= 0.6 is 0 Å². The molecule has 1 aliphatic rings. The van der Waals surface area contributed by atoms with Crippen molar-refractivity contribution in [2.45, 2.75) is 31.5 Å². The minimum Gasteiger partial charge on any atom is -0.497 e. The molecule has 0 fully saturated rings. The molecule has 7 nitrogen and oxygen atoms in total. The van der Waals surface area contributed by atoms with Crippen molar-refractivity contribution in [3.63, 3.8) is 0 Å². The van der Waals surface area contributed by atoms with Crippen LogP contribution in [0.5, 0.6) is 11.5 Å². The van der Waals surface area contributed by atoms with Crippen LogP contribution in [0.3, 0.4) is 0 Å². The molecule has 4 rings (SSSR count). The summed E-state index contributed by atoms with van der Waals surface area (Å²) in [4.78, 5) is 12.1. The summed E-state index contributed by atoms with van der Waals surface area (Å²) in [5.74, 6) is 1.70. The van der Waals surface area contributed by atoms with E-state index in [1.54, 1.807) is 32.4 Å². The van der Waals surface area contributed by atoms with Crippen LogP contribution in [0.2, 0.25) is 0 Å². The van der Waals surface area contributed by atoms with Crippen molar-refractivity contribution < 1.29 is 19.7 Å². The molecule has 0 bridgehead atoms. The number of aromatic amines is 1. The molecule has 0 aliphatic carbocycles. The molecule has 2 unspecified atom stereocenters. The summed E-state index contributed by atoms with van der Waals surface area (Å²) in [6, 6.07) is 11.2. The van der Waals surface area contributed by atoms with Gasteiger partial charge in [0.15, 0.2) is 0 Å². The van der Waals surface area contributed by atoms with Crippen LogP contribution in [0.15, 0.2) is 41.4 Å². The number of methoxy groups -OCH3 is 2. The first-order valence-electron chi connectivity index (χ1n) is 9.23. The molecule has 3 aromatic rings. The molecule has 28 heavy (non-hydrogen) atoms. The highest BCUT2D eigenvalue weighted by Gasteiger charge is 2.27. The van der Waals surface area contributed by atoms with Crippen molar-refractivity contribution in [3.05, 3.63) is 47.8 Å². The lowest BCUT2D eigenvalue weighted by molar-refractivity contribution is 0.0533. The highest BCUT2D eigenvalue weighted by Crippen LogP contribution is 2.31. The summed E-state index contributed by atoms with van der Waals surface area (Å²) in [6.07, 6.45) is -0.0498. The number of aliphatic hydroxyl groups excluding tert-OH is 2. The second-order valence-corrected chi connectivity index (χ2v) is 6.85. The third-order valence-corrected chi connectivity index (χ3v) is 5.06. The Morgan fingerprint density at radius 1 is 0.964 bits per heavy atom. The minimum absolute atomic E-state index is 0.300. The molecule has 1 aromatic heterocycles. The van der Waals surface area contributed by atoms with Crippen LogP contribution in [-0.2, 0) is 6.42 Å². The van der Waals surface area contributed by atoms with Crippen molar-refractivity contribution in [1.29, 1.82) is 0 Å². The number of benzene rings is 2. The monoisotopic (exact) mass is 381 g/mol. The fourth-order valence-electron chi connectivity index (χ4n) is 3.48. The van der Waals surface area contributed by atoms with E-state index in [1.807, 2.05) is 18.2 Å². The van der Waals surface area contributed by atoms with E-state index < -0.39 is 12.2 Å². The van der Waals surface area contributed by atoms with E-state index in [0.717, 1.165) is 29.6 Å². The highest BCUT2D eigenvalue weighted by atomic mass is 16.5. The molecule has 0 radical (unpaired) electrons. The topological polar surface area (TPSA) is 100.0 Å². The van der Waals surface area contributed by atoms with Crippen molar-refractivity contribution in [3.8, 4) is 11.5 Å². The summed E-state index contributed by atoms with van der Waals surface area (Å²) in [5.41, 5.74) is 3.84. The van der Waals surface area contributed by atoms with Gasteiger partial charge in [-0.2, -0.15) is 0 Å². The number of aryl methyl sites for hydroxylation is 1. The Hall–Kier alpha value is -2.90. The largest absolute Gasteiger partial charge is 0.497 e. The summed E-state index contributed by atoms with van der Waals surface area (Å²) < 4.78 is 10.5. The number of aromatic nitrogens is 2. The second-order valence-electron chi connectivity index (χ2n) is 6.85. The molecule has 7 heteroatoms. The number of hydrogen-bond donors (Lipinski definition) is 3. The Kier molecular flexibility index (Phi) is 5.02. The Morgan fingerprint density at radius 2 is 1.71 bits per heavy atom. The van der Waals surface area contributed by atoms with Crippen molar-refractivity contribution >= 4 is 22.4 Å². The zero-order valence-electron chi connectivity index (χ0n) is 15.8. The smallest absolute Gasteiger partial charge is 0.143 e. The van der Waals surface area contributed by atoms with Gasteiger partial charge < -0.3 is 24.7 Å². The predicted octanol–water partition coefficient (Wildman–Crippen LogP) is 3.08. The molecule has 2 heterocycles. The van der Waals surface area contributed by atoms with Crippen LogP contribution in [0, 0.1) is 0 Å². The quantitative estimate of drug-likeness (QED) is 0.631. The number of aliphatic imine (C=N–C) groups is 1. The van der Waals surface area contributed by atoms with Crippen LogP contribution in [0.25, 0.3) is 11.0 Å². The standard InChI is InChI=1S/C21H23N3O4/c1-27-13-7-6-12-4-3-5-16(22-17(12)10-13)19(25)20(26)21-23-15-9-8-14(28-2)11-18(15)24-21/h6-11,19-20,25-26H,3-5H2,1-2H3,(H,23,24). The average Bonchev–Trinajstić information content (AvgIpc) is 3.03. The van der Waals surface area contributed by atoms with Gasteiger partial charge in [-0.05, 0) is 43.0 Å². The third kappa shape index (κ3) is 3.46. The maximum Gasteiger partial charge on any atom is 0.143 e. The van der Waals surface area contributed by atoms with Gasteiger partial charge in [-0.15, -0.1) is 0 Å². The highest BCUT2D eigenvalue weighted by molar-refractivity contribution is 5.92. The second kappa shape index (κ2) is 7.61. The van der Waals surface area contributed by atoms with E-state index in [9.17, 15) is 10.2 Å². The van der Waals surface area contributed by atoms with Crippen LogP contribution in [0.4, 0.5) is 5.69 Å². The van der Waals surface area contributed by atoms with Crippen LogP contribution < -0.4 is 9.47 Å². The van der Waals surface area contributed by atoms with E-state index in [-0.39, 0.29) is 0 Å². The van der Waals surface area contributed by atoms with E-state index >= 15 is 0 Å². The zero-order chi connectivity index (χ0) is 19.7. The number of aliphatic hydroxyl groups is 2. The summed E-state index contributed by atoms with van der Waals surface area (Å²) in [7, 11) is 3.20. The third-order valence-electron chi connectivity index (χ3n) is 5.06. The number of fused-ring (bicyclic) bond motifs is 2. The molecule has 146 valence electrons. The van der Waals surface area contributed by atoms with Gasteiger partial charge >= 0.3 is 0 Å². The SMILES string of the molecule is COc1ccc2c(c1)N=C(C(O)C(O)c1nc3ccc(OC)cc3[nH]1)CCC2. The van der Waals surface area contributed by atoms with Gasteiger partial charge in [-0.1, -0.05) is 6.07 Å². The minimum atomic E-state index is -1.20. The van der Waals surface area contributed by atoms with Gasteiger partial charge in [-0.25, -0.2) is 4.98 Å². The predicted molar refractivity (Wildman–Crippen MR) is 107 cm³/mol. The number of hydrogen-bond acceptors (Lipinski definition) is 6. The molecule has 1 aliphatic heterocycles.